The van der Waals surface area contributed by atoms with Crippen molar-refractivity contribution in [1.82, 2.24) is 19.8 Å². The minimum absolute atomic E-state index is 0.100. The summed E-state index contributed by atoms with van der Waals surface area (Å²) in [4.78, 5) is 44.3. The Labute approximate surface area is 272 Å². The second kappa shape index (κ2) is 12.7. The molecule has 2 spiro atoms. The van der Waals surface area contributed by atoms with Gasteiger partial charge < -0.3 is 20.1 Å². The summed E-state index contributed by atoms with van der Waals surface area (Å²) in [5, 5.41) is 0. The Bertz CT molecular complexity index is 1490. The predicted molar refractivity (Wildman–Crippen MR) is 176 cm³/mol. The van der Waals surface area contributed by atoms with Crippen molar-refractivity contribution in [2.45, 2.75) is 88.9 Å². The topological polar surface area (TPSA) is 114 Å². The fraction of sp³-hybridized carbons (Fsp3) is 0.611. The molecule has 2 N–H and O–H groups in total. The highest BCUT2D eigenvalue weighted by atomic mass is 16.5. The Balaban J connectivity index is 1.20. The number of aromatic nitrogens is 2. The minimum Gasteiger partial charge on any atom is -0.473 e. The molecule has 0 radical (unpaired) electrons. The first-order valence-corrected chi connectivity index (χ1v) is 17.2. The number of hydrogen-bond donors (Lipinski definition) is 1. The molecule has 46 heavy (non-hydrogen) atoms. The molecule has 0 bridgehead atoms. The Morgan fingerprint density at radius 1 is 1.07 bits per heavy atom. The summed E-state index contributed by atoms with van der Waals surface area (Å²) in [7, 11) is 2.13. The number of likely N-dealkylation sites (N-methyl/N-ethyl adjacent to an activating group) is 1. The van der Waals surface area contributed by atoms with E-state index in [0.717, 1.165) is 64.8 Å². The molecule has 2 aliphatic carbocycles. The van der Waals surface area contributed by atoms with E-state index in [2.05, 4.69) is 52.9 Å². The SMILES string of the molecule is C[C@H](Oc1cc(N2CCN(Cc3ccccc3)C3(COC3)C2)nc(C(=O)C2=C(N)[C@]3(CCCCC3=O)CCC2)n1)[C@@H]1CCCN1C. The number of anilines is 1. The van der Waals surface area contributed by atoms with Crippen molar-refractivity contribution in [2.75, 3.05) is 51.3 Å². The molecule has 1 aromatic carbocycles. The second-order valence-corrected chi connectivity index (χ2v) is 14.2. The van der Waals surface area contributed by atoms with Crippen LogP contribution in [0.4, 0.5) is 5.82 Å². The van der Waals surface area contributed by atoms with Gasteiger partial charge in [0.2, 0.25) is 17.5 Å². The van der Waals surface area contributed by atoms with Crippen LogP contribution < -0.4 is 15.4 Å². The van der Waals surface area contributed by atoms with Gasteiger partial charge in [-0.05, 0) is 71.0 Å². The lowest BCUT2D eigenvalue weighted by Crippen LogP contribution is -2.71. The van der Waals surface area contributed by atoms with Crippen molar-refractivity contribution in [3.8, 4) is 5.88 Å². The molecule has 0 amide bonds. The number of hydrogen-bond acceptors (Lipinski definition) is 10. The molecule has 10 nitrogen and oxygen atoms in total. The van der Waals surface area contributed by atoms with Crippen molar-refractivity contribution >= 4 is 17.4 Å². The van der Waals surface area contributed by atoms with Gasteiger partial charge in [-0.1, -0.05) is 36.8 Å². The maximum absolute atomic E-state index is 14.3. The summed E-state index contributed by atoms with van der Waals surface area (Å²) in [5.41, 5.74) is 8.16. The van der Waals surface area contributed by atoms with Gasteiger partial charge in [0.1, 0.15) is 17.7 Å². The fourth-order valence-electron chi connectivity index (χ4n) is 8.54. The zero-order valence-electron chi connectivity index (χ0n) is 27.4. The number of carbonyl (C=O) groups excluding carboxylic acids is 2. The maximum Gasteiger partial charge on any atom is 0.228 e. The number of piperazine rings is 1. The molecule has 4 fully saturated rings. The summed E-state index contributed by atoms with van der Waals surface area (Å²) < 4.78 is 12.3. The third kappa shape index (κ3) is 5.73. The number of ketones is 2. The summed E-state index contributed by atoms with van der Waals surface area (Å²) >= 11 is 0. The normalized spacial score (nSPS) is 27.7. The van der Waals surface area contributed by atoms with Gasteiger partial charge in [-0.25, -0.2) is 4.98 Å². The van der Waals surface area contributed by atoms with E-state index in [4.69, 9.17) is 25.2 Å². The third-order valence-electron chi connectivity index (χ3n) is 11.3. The first kappa shape index (κ1) is 31.3. The highest BCUT2D eigenvalue weighted by molar-refractivity contribution is 6.08. The summed E-state index contributed by atoms with van der Waals surface area (Å²) in [5.74, 6) is 1.09. The number of ether oxygens (including phenoxy) is 2. The number of carbonyl (C=O) groups is 2. The predicted octanol–water partition coefficient (Wildman–Crippen LogP) is 4.14. The lowest BCUT2D eigenvalue weighted by atomic mass is 9.64. The minimum atomic E-state index is -0.717. The van der Waals surface area contributed by atoms with Gasteiger partial charge in [0.25, 0.3) is 0 Å². The number of rotatable bonds is 8. The van der Waals surface area contributed by atoms with E-state index in [1.54, 1.807) is 0 Å². The fourth-order valence-corrected chi connectivity index (χ4v) is 8.54. The van der Waals surface area contributed by atoms with E-state index in [0.29, 0.717) is 61.9 Å². The molecule has 4 heterocycles. The van der Waals surface area contributed by atoms with Crippen molar-refractivity contribution < 1.29 is 19.1 Å². The van der Waals surface area contributed by atoms with Crippen molar-refractivity contribution in [3.63, 3.8) is 0 Å². The van der Waals surface area contributed by atoms with Gasteiger partial charge >= 0.3 is 0 Å². The van der Waals surface area contributed by atoms with Crippen LogP contribution in [0.15, 0.2) is 47.7 Å². The molecule has 7 rings (SSSR count). The number of nitrogens with zero attached hydrogens (tertiary/aromatic N) is 5. The summed E-state index contributed by atoms with van der Waals surface area (Å²) in [6.07, 6.45) is 7.19. The lowest BCUT2D eigenvalue weighted by Gasteiger charge is -2.55. The first-order valence-electron chi connectivity index (χ1n) is 17.2. The van der Waals surface area contributed by atoms with E-state index in [1.165, 1.54) is 5.56 Å². The molecule has 10 heteroatoms. The molecule has 3 aliphatic heterocycles. The van der Waals surface area contributed by atoms with Crippen molar-refractivity contribution in [2.24, 2.45) is 11.1 Å². The highest BCUT2D eigenvalue weighted by Gasteiger charge is 2.49. The maximum atomic E-state index is 14.3. The molecule has 1 aromatic heterocycles. The largest absolute Gasteiger partial charge is 0.473 e. The van der Waals surface area contributed by atoms with Gasteiger partial charge in [-0.2, -0.15) is 4.98 Å². The molecule has 5 aliphatic rings. The average molecular weight is 629 g/mol. The molecule has 246 valence electrons. The third-order valence-corrected chi connectivity index (χ3v) is 11.3. The van der Waals surface area contributed by atoms with E-state index in [1.807, 2.05) is 12.1 Å². The van der Waals surface area contributed by atoms with Crippen LogP contribution in [-0.4, -0.2) is 95.5 Å². The first-order chi connectivity index (χ1) is 22.3. The van der Waals surface area contributed by atoms with E-state index in [-0.39, 0.29) is 35.1 Å². The van der Waals surface area contributed by atoms with Gasteiger partial charge in [0.15, 0.2) is 0 Å². The number of nitrogens with two attached hydrogens (primary N) is 1. The van der Waals surface area contributed by atoms with Crippen LogP contribution >= 0.6 is 0 Å². The Morgan fingerprint density at radius 2 is 1.87 bits per heavy atom. The van der Waals surface area contributed by atoms with Gasteiger partial charge in [-0.15, -0.1) is 0 Å². The molecule has 0 unspecified atom stereocenters. The molecule has 3 atom stereocenters. The van der Waals surface area contributed by atoms with E-state index >= 15 is 0 Å². The standard InChI is InChI=1S/C36H48N6O4/c1-25(28-13-9-17-40(28)2)46-31-20-30(41-18-19-42(35(22-41)23-45-24-35)21-26-10-4-3-5-11-26)38-34(39-31)32(44)27-12-8-16-36(33(27)37)15-7-6-14-29(36)43/h3-5,10-11,20,25,28H,6-9,12-19,21-24,37H2,1-2H3/t25-,28-,36+/m0/s1. The Kier molecular flexibility index (Phi) is 8.63. The number of allylic oxidation sites excluding steroid dienone is 2. The van der Waals surface area contributed by atoms with Crippen molar-refractivity contribution in [1.29, 1.82) is 0 Å². The van der Waals surface area contributed by atoms with E-state index in [9.17, 15) is 9.59 Å². The molecular formula is C36H48N6O4. The average Bonchev–Trinajstić information content (AvgIpc) is 3.49. The van der Waals surface area contributed by atoms with Crippen LogP contribution in [0.2, 0.25) is 0 Å². The Morgan fingerprint density at radius 3 is 2.59 bits per heavy atom. The van der Waals surface area contributed by atoms with Crippen LogP contribution in [0.3, 0.4) is 0 Å². The van der Waals surface area contributed by atoms with Crippen LogP contribution in [0, 0.1) is 5.41 Å². The second-order valence-electron chi connectivity index (χ2n) is 14.2. The zero-order chi connectivity index (χ0) is 31.9. The molecule has 3 saturated heterocycles. The van der Waals surface area contributed by atoms with Crippen LogP contribution in [0.1, 0.15) is 80.9 Å². The molecule has 1 saturated carbocycles. The Hall–Kier alpha value is -3.34. The van der Waals surface area contributed by atoms with E-state index < -0.39 is 5.41 Å². The number of likely N-dealkylation sites (tertiary alicyclic amines) is 1. The summed E-state index contributed by atoms with van der Waals surface area (Å²) in [6.45, 7) is 7.62. The highest BCUT2D eigenvalue weighted by Crippen LogP contribution is 2.47. The zero-order valence-corrected chi connectivity index (χ0v) is 27.4. The van der Waals surface area contributed by atoms with Gasteiger partial charge in [0, 0.05) is 56.0 Å². The lowest BCUT2D eigenvalue weighted by molar-refractivity contribution is -0.146. The molecular weight excluding hydrogens is 580 g/mol. The quantitative estimate of drug-likeness (QED) is 0.428. The number of benzene rings is 1. The smallest absolute Gasteiger partial charge is 0.228 e. The van der Waals surface area contributed by atoms with Crippen LogP contribution in [0.5, 0.6) is 5.88 Å². The van der Waals surface area contributed by atoms with Gasteiger partial charge in [-0.3, -0.25) is 19.4 Å². The van der Waals surface area contributed by atoms with Crippen LogP contribution in [0.25, 0.3) is 0 Å². The van der Waals surface area contributed by atoms with Gasteiger partial charge in [0.05, 0.1) is 24.2 Å². The molecule has 2 aromatic rings. The summed E-state index contributed by atoms with van der Waals surface area (Å²) in [6, 6.07) is 12.7. The van der Waals surface area contributed by atoms with Crippen molar-refractivity contribution in [3.05, 3.63) is 59.1 Å². The van der Waals surface area contributed by atoms with Crippen LogP contribution in [-0.2, 0) is 16.1 Å². The number of Topliss-reactive ketones (excluding diaryl/α,β-unsaturated/α-hetero) is 2. The monoisotopic (exact) mass is 628 g/mol.